The highest BCUT2D eigenvalue weighted by Gasteiger charge is 2.46. The Bertz CT molecular complexity index is 730. The molecule has 1 aliphatic carbocycles. The minimum atomic E-state index is -0.830. The molecule has 1 amide bonds. The van der Waals surface area contributed by atoms with Crippen LogP contribution in [0.3, 0.4) is 0 Å². The maximum atomic E-state index is 12.9. The van der Waals surface area contributed by atoms with E-state index in [1.54, 1.807) is 10.0 Å². The number of hydrogen-bond donors (Lipinski definition) is 1. The molecule has 1 heterocycles. The molecule has 4 nitrogen and oxygen atoms in total. The van der Waals surface area contributed by atoms with Gasteiger partial charge in [-0.3, -0.25) is 9.80 Å². The second-order valence-electron chi connectivity index (χ2n) is 5.94. The number of carbonyl (C=O) groups excluding carboxylic acids is 1. The molecule has 116 valence electrons. The maximum Gasteiger partial charge on any atom is 0.268 e. The third kappa shape index (κ3) is 2.36. The zero-order valence-corrected chi connectivity index (χ0v) is 12.6. The van der Waals surface area contributed by atoms with E-state index >= 15 is 0 Å². The summed E-state index contributed by atoms with van der Waals surface area (Å²) in [6, 6.07) is 18.8. The van der Waals surface area contributed by atoms with Gasteiger partial charge < -0.3 is 5.11 Å². The molecule has 2 aliphatic rings. The minimum Gasteiger partial charge on any atom is -0.372 e. The van der Waals surface area contributed by atoms with Crippen molar-refractivity contribution in [2.45, 2.75) is 24.7 Å². The van der Waals surface area contributed by atoms with E-state index in [1.807, 2.05) is 60.7 Å². The van der Waals surface area contributed by atoms with Gasteiger partial charge in [-0.1, -0.05) is 60.7 Å². The number of hydrazine groups is 1. The molecule has 1 aliphatic heterocycles. The highest BCUT2D eigenvalue weighted by Crippen LogP contribution is 2.38. The Hall–Kier alpha value is -2.43. The molecule has 4 heteroatoms. The van der Waals surface area contributed by atoms with E-state index in [4.69, 9.17) is 0 Å². The predicted molar refractivity (Wildman–Crippen MR) is 87.2 cm³/mol. The Labute approximate surface area is 135 Å². The van der Waals surface area contributed by atoms with Crippen LogP contribution in [0.15, 0.2) is 72.8 Å². The lowest BCUT2D eigenvalue weighted by Crippen LogP contribution is -2.50. The number of aliphatic hydroxyl groups excluding tert-OH is 1. The van der Waals surface area contributed by atoms with E-state index in [2.05, 4.69) is 12.2 Å². The molecule has 2 bridgehead atoms. The Balaban J connectivity index is 1.68. The lowest BCUT2D eigenvalue weighted by Gasteiger charge is -2.38. The van der Waals surface area contributed by atoms with Gasteiger partial charge in [-0.25, -0.2) is 0 Å². The zero-order chi connectivity index (χ0) is 15.8. The van der Waals surface area contributed by atoms with Crippen LogP contribution in [-0.2, 0) is 0 Å². The second-order valence-corrected chi connectivity index (χ2v) is 5.94. The van der Waals surface area contributed by atoms with Crippen LogP contribution >= 0.6 is 0 Å². The van der Waals surface area contributed by atoms with Crippen molar-refractivity contribution in [1.29, 1.82) is 0 Å². The van der Waals surface area contributed by atoms with Crippen LogP contribution in [0.5, 0.6) is 0 Å². The lowest BCUT2D eigenvalue weighted by atomic mass is 10.1. The van der Waals surface area contributed by atoms with Crippen LogP contribution in [0.2, 0.25) is 0 Å². The number of hydrogen-bond acceptors (Lipinski definition) is 3. The fraction of sp³-hybridized carbons (Fsp3) is 0.211. The van der Waals surface area contributed by atoms with Crippen LogP contribution in [0.1, 0.15) is 28.6 Å². The predicted octanol–water partition coefficient (Wildman–Crippen LogP) is 2.75. The summed E-state index contributed by atoms with van der Waals surface area (Å²) in [5.41, 5.74) is 1.43. The number of fused-ring (bicyclic) bond motifs is 2. The molecule has 1 N–H and O–H groups in total. The molecular formula is C19H18N2O2. The van der Waals surface area contributed by atoms with Crippen LogP contribution in [-0.4, -0.2) is 33.1 Å². The Morgan fingerprint density at radius 1 is 0.957 bits per heavy atom. The second kappa shape index (κ2) is 5.65. The third-order valence-electron chi connectivity index (χ3n) is 4.52. The quantitative estimate of drug-likeness (QED) is 0.887. The molecular weight excluding hydrogens is 288 g/mol. The van der Waals surface area contributed by atoms with Crippen molar-refractivity contribution < 1.29 is 9.90 Å². The summed E-state index contributed by atoms with van der Waals surface area (Å²) in [5, 5.41) is 14.3. The summed E-state index contributed by atoms with van der Waals surface area (Å²) in [4.78, 5) is 12.9. The van der Waals surface area contributed by atoms with Gasteiger partial charge in [0, 0.05) is 5.56 Å². The molecule has 0 saturated carbocycles. The fourth-order valence-electron chi connectivity index (χ4n) is 3.42. The number of rotatable bonds is 3. The van der Waals surface area contributed by atoms with Gasteiger partial charge in [-0.05, 0) is 24.1 Å². The maximum absolute atomic E-state index is 12.9. The van der Waals surface area contributed by atoms with E-state index < -0.39 is 6.23 Å². The molecule has 2 aromatic carbocycles. The Morgan fingerprint density at radius 3 is 2.26 bits per heavy atom. The summed E-state index contributed by atoms with van der Waals surface area (Å²) in [7, 11) is 0. The molecule has 1 saturated heterocycles. The van der Waals surface area contributed by atoms with Crippen molar-refractivity contribution in [2.75, 3.05) is 0 Å². The van der Waals surface area contributed by atoms with Gasteiger partial charge in [-0.15, -0.1) is 0 Å². The Morgan fingerprint density at radius 2 is 1.57 bits per heavy atom. The smallest absolute Gasteiger partial charge is 0.268 e. The molecule has 23 heavy (non-hydrogen) atoms. The summed E-state index contributed by atoms with van der Waals surface area (Å²) in [5.74, 6) is -0.0718. The first kappa shape index (κ1) is 14.2. The van der Waals surface area contributed by atoms with Gasteiger partial charge in [0.15, 0.2) is 6.23 Å². The average molecular weight is 306 g/mol. The monoisotopic (exact) mass is 306 g/mol. The molecule has 0 radical (unpaired) electrons. The van der Waals surface area contributed by atoms with E-state index in [-0.39, 0.29) is 18.0 Å². The van der Waals surface area contributed by atoms with Gasteiger partial charge >= 0.3 is 0 Å². The number of benzene rings is 2. The summed E-state index contributed by atoms with van der Waals surface area (Å²) in [6.45, 7) is 0. The normalized spacial score (nSPS) is 24.1. The van der Waals surface area contributed by atoms with Gasteiger partial charge in [0.1, 0.15) is 0 Å². The molecule has 0 spiro atoms. The highest BCUT2D eigenvalue weighted by molar-refractivity contribution is 5.94. The number of aliphatic hydroxyl groups is 1. The summed E-state index contributed by atoms with van der Waals surface area (Å²) in [6.07, 6.45) is 4.14. The topological polar surface area (TPSA) is 43.8 Å². The molecule has 2 aromatic rings. The van der Waals surface area contributed by atoms with Crippen molar-refractivity contribution in [2.24, 2.45) is 0 Å². The molecule has 3 unspecified atom stereocenters. The summed E-state index contributed by atoms with van der Waals surface area (Å²) < 4.78 is 0. The first-order valence-electron chi connectivity index (χ1n) is 7.84. The highest BCUT2D eigenvalue weighted by atomic mass is 16.3. The fourth-order valence-corrected chi connectivity index (χ4v) is 3.42. The summed E-state index contributed by atoms with van der Waals surface area (Å²) >= 11 is 0. The van der Waals surface area contributed by atoms with Gasteiger partial charge in [0.05, 0.1) is 12.1 Å². The zero-order valence-electron chi connectivity index (χ0n) is 12.6. The van der Waals surface area contributed by atoms with Gasteiger partial charge in [-0.2, -0.15) is 5.01 Å². The number of carbonyl (C=O) groups is 1. The van der Waals surface area contributed by atoms with E-state index in [1.165, 1.54) is 0 Å². The first-order chi connectivity index (χ1) is 11.3. The average Bonchev–Trinajstić information content (AvgIpc) is 3.23. The van der Waals surface area contributed by atoms with E-state index in [0.717, 1.165) is 12.0 Å². The van der Waals surface area contributed by atoms with E-state index in [0.29, 0.717) is 5.56 Å². The standard InChI is InChI=1S/C19H18N2O2/c22-18(14-7-3-1-4-8-14)20-16-11-12-17(13-16)21(20)19(23)15-9-5-2-6-10-15/h1-12,16-18,22H,13H2. The van der Waals surface area contributed by atoms with Crippen LogP contribution in [0, 0.1) is 0 Å². The van der Waals surface area contributed by atoms with Gasteiger partial charge in [0.2, 0.25) is 0 Å². The van der Waals surface area contributed by atoms with Gasteiger partial charge in [0.25, 0.3) is 5.91 Å². The van der Waals surface area contributed by atoms with E-state index in [9.17, 15) is 9.90 Å². The van der Waals surface area contributed by atoms with Crippen molar-refractivity contribution in [3.05, 3.63) is 83.9 Å². The first-order valence-corrected chi connectivity index (χ1v) is 7.84. The van der Waals surface area contributed by atoms with Crippen LogP contribution < -0.4 is 0 Å². The molecule has 3 atom stereocenters. The number of nitrogens with zero attached hydrogens (tertiary/aromatic N) is 2. The van der Waals surface area contributed by atoms with Crippen LogP contribution in [0.4, 0.5) is 0 Å². The lowest BCUT2D eigenvalue weighted by molar-refractivity contribution is -0.115. The van der Waals surface area contributed by atoms with Crippen molar-refractivity contribution in [3.8, 4) is 0 Å². The molecule has 0 aromatic heterocycles. The number of amides is 1. The minimum absolute atomic E-state index is 0.0195. The van der Waals surface area contributed by atoms with Crippen LogP contribution in [0.25, 0.3) is 0 Å². The largest absolute Gasteiger partial charge is 0.372 e. The third-order valence-corrected chi connectivity index (χ3v) is 4.52. The molecule has 1 fully saturated rings. The molecule has 4 rings (SSSR count). The van der Waals surface area contributed by atoms with Crippen molar-refractivity contribution in [3.63, 3.8) is 0 Å². The van der Waals surface area contributed by atoms with Crippen molar-refractivity contribution >= 4 is 5.91 Å². The van der Waals surface area contributed by atoms with Crippen molar-refractivity contribution in [1.82, 2.24) is 10.0 Å². The SMILES string of the molecule is O=C(c1ccccc1)N1C2C=CC(C2)N1C(O)c1ccccc1. The Kier molecular flexibility index (Phi) is 3.48.